The molecular weight excluding hydrogens is 971 g/mol. The van der Waals surface area contributed by atoms with Crippen molar-refractivity contribution in [2.75, 3.05) is 59.2 Å². The van der Waals surface area contributed by atoms with Gasteiger partial charge in [-0.1, -0.05) is 190 Å². The minimum atomic E-state index is -0.616. The molecule has 0 spiro atoms. The summed E-state index contributed by atoms with van der Waals surface area (Å²) in [7, 11) is 0. The van der Waals surface area contributed by atoms with Crippen molar-refractivity contribution in [2.24, 2.45) is 11.7 Å². The van der Waals surface area contributed by atoms with Crippen LogP contribution in [0.25, 0.3) is 0 Å². The molecular formula is C60H115N3O13. The fraction of sp³-hybridized carbons (Fsp3) is 0.883. The van der Waals surface area contributed by atoms with E-state index in [2.05, 4.69) is 47.3 Å². The van der Waals surface area contributed by atoms with E-state index in [0.29, 0.717) is 64.6 Å². The number of primary amides is 1. The average Bonchev–Trinajstić information content (AvgIpc) is 3.86. The van der Waals surface area contributed by atoms with E-state index in [9.17, 15) is 33.6 Å². The summed E-state index contributed by atoms with van der Waals surface area (Å²) >= 11 is 0. The molecule has 0 aromatic carbocycles. The van der Waals surface area contributed by atoms with E-state index in [1.807, 2.05) is 27.7 Å². The number of nitrogens with two attached hydrogens (primary N) is 1. The number of unbranched alkanes of at least 4 members (excludes halogenated alkanes) is 20. The number of esters is 5. The third kappa shape index (κ3) is 54.8. The zero-order valence-corrected chi connectivity index (χ0v) is 50.5. The number of amides is 2. The van der Waals surface area contributed by atoms with Crippen molar-refractivity contribution >= 4 is 41.8 Å². The van der Waals surface area contributed by atoms with E-state index in [1.165, 1.54) is 108 Å². The first-order chi connectivity index (χ1) is 36.3. The average molecular weight is 1090 g/mol. The summed E-state index contributed by atoms with van der Waals surface area (Å²) < 4.78 is 31.8. The van der Waals surface area contributed by atoms with Crippen molar-refractivity contribution in [1.29, 1.82) is 0 Å². The number of carbonyl (C=O) groups is 7. The van der Waals surface area contributed by atoms with Crippen LogP contribution in [0.15, 0.2) is 0 Å². The molecule has 1 aliphatic heterocycles. The lowest BCUT2D eigenvalue weighted by atomic mass is 10.1. The molecule has 16 nitrogen and oxygen atoms in total. The van der Waals surface area contributed by atoms with Gasteiger partial charge < -0.3 is 39.1 Å². The summed E-state index contributed by atoms with van der Waals surface area (Å²) in [5.74, 6) is -1.46. The van der Waals surface area contributed by atoms with Gasteiger partial charge in [0.15, 0.2) is 0 Å². The van der Waals surface area contributed by atoms with Crippen LogP contribution in [0, 0.1) is 5.92 Å². The molecule has 0 saturated carbocycles. The normalized spacial score (nSPS) is 13.2. The summed E-state index contributed by atoms with van der Waals surface area (Å²) in [6, 6.07) is -0.276. The molecule has 0 aromatic heterocycles. The summed E-state index contributed by atoms with van der Waals surface area (Å²) in [6.45, 7) is 23.6. The van der Waals surface area contributed by atoms with Crippen molar-refractivity contribution in [3.8, 4) is 0 Å². The predicted molar refractivity (Wildman–Crippen MR) is 305 cm³/mol. The lowest BCUT2D eigenvalue weighted by molar-refractivity contribution is -0.153. The van der Waals surface area contributed by atoms with Gasteiger partial charge in [0.1, 0.15) is 12.2 Å². The molecule has 1 aliphatic rings. The minimum Gasteiger partial charge on any atom is -0.466 e. The van der Waals surface area contributed by atoms with Gasteiger partial charge in [0, 0.05) is 25.8 Å². The Morgan fingerprint density at radius 1 is 0.500 bits per heavy atom. The fourth-order valence-electron chi connectivity index (χ4n) is 7.47. The summed E-state index contributed by atoms with van der Waals surface area (Å²) in [5.41, 5.74) is 4.04. The number of rotatable bonds is 41. The Bertz CT molecular complexity index is 1410. The Kier molecular flexibility index (Phi) is 54.6. The molecule has 448 valence electrons. The molecule has 0 aliphatic carbocycles. The molecule has 76 heavy (non-hydrogen) atoms. The van der Waals surface area contributed by atoms with Crippen LogP contribution in [0.2, 0.25) is 0 Å². The Hall–Kier alpha value is -3.95. The molecule has 1 saturated heterocycles. The zero-order chi connectivity index (χ0) is 57.7. The van der Waals surface area contributed by atoms with Gasteiger partial charge >= 0.3 is 35.9 Å². The van der Waals surface area contributed by atoms with Crippen LogP contribution in [0.3, 0.4) is 0 Å². The van der Waals surface area contributed by atoms with Crippen LogP contribution >= 0.6 is 0 Å². The topological polar surface area (TPSA) is 207 Å². The highest BCUT2D eigenvalue weighted by atomic mass is 16.6. The van der Waals surface area contributed by atoms with Crippen molar-refractivity contribution in [2.45, 2.75) is 280 Å². The number of carbonyl (C=O) groups excluding carboxylic acids is 7. The molecule has 2 N–H and O–H groups in total. The van der Waals surface area contributed by atoms with E-state index in [4.69, 9.17) is 28.4 Å². The van der Waals surface area contributed by atoms with Crippen LogP contribution in [0.1, 0.15) is 269 Å². The highest BCUT2D eigenvalue weighted by Gasteiger charge is 2.33. The second kappa shape index (κ2) is 54.4. The molecule has 0 aromatic rings. The van der Waals surface area contributed by atoms with Crippen molar-refractivity contribution < 1.29 is 62.0 Å². The van der Waals surface area contributed by atoms with E-state index in [1.54, 1.807) is 11.8 Å². The zero-order valence-electron chi connectivity index (χ0n) is 50.5. The standard InChI is InChI=1S/C32H58N2O8.C14H28O2.C11H22O2.C3H7NO/c1-6-8-10-12-14-16-21-39-28(35)23-33(24-29(36)40-22-17-15-13-11-9-7-2)25-30(37)41-26-27-19-18-20-34(27)31(38)42-32(3,4)5;1-4-6-7-8-9-10-11-16-14(15)12-13(3)5-2;1-3-5-6-7-8-9-10-13-11(12)4-2;1-2-3(4)5/h27H,6-26H2,1-5H3;13H,4-12H2,1-3H3;3-10H2,1-2H3;2H2,1H3,(H2,4,5). The molecule has 16 heteroatoms. The molecule has 1 rings (SSSR count). The Labute approximate surface area is 463 Å². The number of hydrogen-bond donors (Lipinski definition) is 1. The molecule has 1 heterocycles. The van der Waals surface area contributed by atoms with E-state index in [-0.39, 0.29) is 50.1 Å². The van der Waals surface area contributed by atoms with E-state index >= 15 is 0 Å². The van der Waals surface area contributed by atoms with Gasteiger partial charge in [-0.3, -0.25) is 33.7 Å². The first kappa shape index (κ1) is 76.3. The Balaban J connectivity index is -0.00000126. The Morgan fingerprint density at radius 3 is 1.18 bits per heavy atom. The summed E-state index contributed by atoms with van der Waals surface area (Å²) in [6.07, 6.45) is 31.4. The quantitative estimate of drug-likeness (QED) is 0.0343. The maximum Gasteiger partial charge on any atom is 0.410 e. The van der Waals surface area contributed by atoms with Crippen molar-refractivity contribution in [1.82, 2.24) is 9.80 Å². The lowest BCUT2D eigenvalue weighted by Crippen LogP contribution is -2.43. The number of likely N-dealkylation sites (tertiary alicyclic amines) is 1. The smallest absolute Gasteiger partial charge is 0.410 e. The van der Waals surface area contributed by atoms with Gasteiger partial charge in [0.05, 0.1) is 52.1 Å². The van der Waals surface area contributed by atoms with Gasteiger partial charge in [-0.05, 0) is 65.2 Å². The van der Waals surface area contributed by atoms with E-state index in [0.717, 1.165) is 64.2 Å². The summed E-state index contributed by atoms with van der Waals surface area (Å²) in [4.78, 5) is 84.9. The molecule has 2 atom stereocenters. The van der Waals surface area contributed by atoms with E-state index < -0.39 is 29.6 Å². The summed E-state index contributed by atoms with van der Waals surface area (Å²) in [5, 5.41) is 0. The number of hydrogen-bond acceptors (Lipinski definition) is 14. The van der Waals surface area contributed by atoms with Crippen LogP contribution in [0.5, 0.6) is 0 Å². The monoisotopic (exact) mass is 1090 g/mol. The first-order valence-corrected chi connectivity index (χ1v) is 30.1. The molecule has 0 radical (unpaired) electrons. The highest BCUT2D eigenvalue weighted by molar-refractivity contribution is 5.78. The molecule has 2 amide bonds. The lowest BCUT2D eigenvalue weighted by Gasteiger charge is -2.28. The van der Waals surface area contributed by atoms with Crippen molar-refractivity contribution in [3.63, 3.8) is 0 Å². The first-order valence-electron chi connectivity index (χ1n) is 30.1. The van der Waals surface area contributed by atoms with Crippen LogP contribution < -0.4 is 5.73 Å². The second-order valence-electron chi connectivity index (χ2n) is 21.1. The Morgan fingerprint density at radius 2 is 0.842 bits per heavy atom. The minimum absolute atomic E-state index is 0.0247. The largest absolute Gasteiger partial charge is 0.466 e. The third-order valence-corrected chi connectivity index (χ3v) is 12.4. The van der Waals surface area contributed by atoms with Gasteiger partial charge in [0.2, 0.25) is 5.91 Å². The SMILES string of the molecule is CCC(N)=O.CCCCCCCCOC(=O)CC.CCCCCCCCOC(=O)CC(C)CC.CCCCCCCCOC(=O)CN(CC(=O)OCCCCCCCC)CC(=O)OCC1CCCN1C(=O)OC(C)(C)C. The molecule has 0 bridgehead atoms. The van der Waals surface area contributed by atoms with Crippen molar-refractivity contribution in [3.05, 3.63) is 0 Å². The molecule has 1 fully saturated rings. The van der Waals surface area contributed by atoms with Crippen LogP contribution in [0.4, 0.5) is 4.79 Å². The van der Waals surface area contributed by atoms with Gasteiger partial charge in [-0.2, -0.15) is 0 Å². The maximum atomic E-state index is 12.7. The third-order valence-electron chi connectivity index (χ3n) is 12.4. The maximum absolute atomic E-state index is 12.7. The second-order valence-corrected chi connectivity index (χ2v) is 21.1. The van der Waals surface area contributed by atoms with Crippen LogP contribution in [-0.4, -0.2) is 123 Å². The predicted octanol–water partition coefficient (Wildman–Crippen LogP) is 13.5. The number of nitrogens with zero attached hydrogens (tertiary/aromatic N) is 2. The fourth-order valence-corrected chi connectivity index (χ4v) is 7.47. The number of ether oxygens (including phenoxy) is 6. The van der Waals surface area contributed by atoms with Gasteiger partial charge in [-0.25, -0.2) is 4.79 Å². The highest BCUT2D eigenvalue weighted by Crippen LogP contribution is 2.21. The van der Waals surface area contributed by atoms with Gasteiger partial charge in [0.25, 0.3) is 0 Å². The van der Waals surface area contributed by atoms with Gasteiger partial charge in [-0.15, -0.1) is 0 Å². The van der Waals surface area contributed by atoms with Crippen LogP contribution in [-0.2, 0) is 57.2 Å². The molecule has 2 unspecified atom stereocenters.